The van der Waals surface area contributed by atoms with Gasteiger partial charge in [-0.05, 0) is 78.1 Å². The van der Waals surface area contributed by atoms with Crippen LogP contribution in [0.3, 0.4) is 0 Å². The number of H-pyrrole nitrogens is 2. The predicted octanol–water partition coefficient (Wildman–Crippen LogP) is 3.89. The Morgan fingerprint density at radius 3 is 2.67 bits per heavy atom. The quantitative estimate of drug-likeness (QED) is 0.280. The van der Waals surface area contributed by atoms with Crippen molar-refractivity contribution in [2.45, 2.75) is 23.8 Å². The Kier molecular flexibility index (Phi) is 6.71. The van der Waals surface area contributed by atoms with Crippen molar-refractivity contribution < 1.29 is 22.7 Å². The molecule has 12 heteroatoms. The zero-order valence-corrected chi connectivity index (χ0v) is 23.7. The van der Waals surface area contributed by atoms with E-state index < -0.39 is 21.8 Å². The minimum atomic E-state index is -4.00. The van der Waals surface area contributed by atoms with Crippen LogP contribution in [0.4, 0.5) is 0 Å². The molecule has 218 valence electrons. The molecular weight excluding hydrogens is 570 g/mol. The number of nitrogens with one attached hydrogen (secondary N) is 3. The Balaban J connectivity index is 1.33. The molecular formula is C31H27N5O6S. The zero-order chi connectivity index (χ0) is 29.6. The first-order valence-corrected chi connectivity index (χ1v) is 15.3. The van der Waals surface area contributed by atoms with Gasteiger partial charge in [0.1, 0.15) is 17.2 Å². The molecule has 1 amide bonds. The second kappa shape index (κ2) is 10.7. The zero-order valence-electron chi connectivity index (χ0n) is 22.9. The van der Waals surface area contributed by atoms with E-state index >= 15 is 0 Å². The summed E-state index contributed by atoms with van der Waals surface area (Å²) in [5.74, 6) is 1.31. The van der Waals surface area contributed by atoms with Crippen molar-refractivity contribution in [3.8, 4) is 17.2 Å². The molecule has 0 saturated carbocycles. The van der Waals surface area contributed by atoms with Gasteiger partial charge in [-0.25, -0.2) is 13.2 Å². The summed E-state index contributed by atoms with van der Waals surface area (Å²) in [6.45, 7) is 0.971. The lowest BCUT2D eigenvalue weighted by Crippen LogP contribution is -2.40. The topological polar surface area (TPSA) is 146 Å². The molecule has 5 aromatic rings. The van der Waals surface area contributed by atoms with Crippen LogP contribution in [0.25, 0.3) is 11.0 Å². The maximum Gasteiger partial charge on any atom is 0.323 e. The first-order valence-electron chi connectivity index (χ1n) is 13.9. The van der Waals surface area contributed by atoms with Crippen LogP contribution in [0.5, 0.6) is 17.2 Å². The average molecular weight is 598 g/mol. The van der Waals surface area contributed by atoms with Gasteiger partial charge in [0.2, 0.25) is 10.0 Å². The van der Waals surface area contributed by atoms with Crippen LogP contribution in [0.2, 0.25) is 0 Å². The van der Waals surface area contributed by atoms with Gasteiger partial charge in [-0.2, -0.15) is 4.31 Å². The Morgan fingerprint density at radius 1 is 0.884 bits per heavy atom. The van der Waals surface area contributed by atoms with Crippen LogP contribution in [-0.2, 0) is 16.4 Å². The van der Waals surface area contributed by atoms with E-state index in [1.165, 1.54) is 22.6 Å². The van der Waals surface area contributed by atoms with E-state index in [4.69, 9.17) is 9.47 Å². The number of pyridine rings is 1. The first-order chi connectivity index (χ1) is 20.8. The molecule has 0 aliphatic carbocycles. The summed E-state index contributed by atoms with van der Waals surface area (Å²) in [6, 6.07) is 18.6. The van der Waals surface area contributed by atoms with Crippen molar-refractivity contribution in [1.82, 2.24) is 24.6 Å². The number of rotatable bonds is 2. The minimum Gasteiger partial charge on any atom is -0.494 e. The van der Waals surface area contributed by atoms with Gasteiger partial charge in [-0.1, -0.05) is 18.2 Å². The van der Waals surface area contributed by atoms with Gasteiger partial charge in [-0.15, -0.1) is 0 Å². The number of aromatic nitrogens is 3. The van der Waals surface area contributed by atoms with Crippen LogP contribution in [0.15, 0.2) is 88.8 Å². The van der Waals surface area contributed by atoms with E-state index in [1.54, 1.807) is 24.4 Å². The summed E-state index contributed by atoms with van der Waals surface area (Å²) in [6.07, 6.45) is 4.04. The predicted molar refractivity (Wildman–Crippen MR) is 158 cm³/mol. The fourth-order valence-electron chi connectivity index (χ4n) is 5.63. The van der Waals surface area contributed by atoms with E-state index in [9.17, 15) is 18.0 Å². The monoisotopic (exact) mass is 597 g/mol. The second-order valence-corrected chi connectivity index (χ2v) is 12.3. The summed E-state index contributed by atoms with van der Waals surface area (Å²) in [7, 11) is -4.00. The standard InChI is InChI=1S/C31H27N5O6S/c37-30-21-15-24(18-32-17-21)42-23-5-7-26-19(13-23)9-11-36(29(26)20-3-1-4-22(14-20)41-12-2-10-33-30)43(39,40)25-6-8-27-28(16-25)35-31(38)34-27/h1,3-8,13-18,29H,2,9-12H2,(H,33,37)(H2,34,35,38). The number of amides is 1. The highest BCUT2D eigenvalue weighted by molar-refractivity contribution is 7.89. The van der Waals surface area contributed by atoms with Gasteiger partial charge in [0.15, 0.2) is 0 Å². The third kappa shape index (κ3) is 5.15. The summed E-state index contributed by atoms with van der Waals surface area (Å²) >= 11 is 0. The van der Waals surface area contributed by atoms with Gasteiger partial charge < -0.3 is 24.8 Å². The third-order valence-electron chi connectivity index (χ3n) is 7.65. The molecule has 0 radical (unpaired) electrons. The smallest absolute Gasteiger partial charge is 0.323 e. The maximum atomic E-state index is 14.2. The van der Waals surface area contributed by atoms with E-state index in [0.717, 1.165) is 16.7 Å². The normalized spacial score (nSPS) is 17.4. The maximum absolute atomic E-state index is 14.2. The number of nitrogens with zero attached hydrogens (tertiary/aromatic N) is 2. The molecule has 43 heavy (non-hydrogen) atoms. The molecule has 11 nitrogen and oxygen atoms in total. The van der Waals surface area contributed by atoms with Crippen molar-refractivity contribution in [2.24, 2.45) is 0 Å². The third-order valence-corrected chi connectivity index (χ3v) is 9.51. The lowest BCUT2D eigenvalue weighted by Gasteiger charge is -2.37. The highest BCUT2D eigenvalue weighted by atomic mass is 32.2. The molecule has 0 saturated heterocycles. The highest BCUT2D eigenvalue weighted by Gasteiger charge is 2.38. The fraction of sp³-hybridized carbons (Fsp3) is 0.194. The van der Waals surface area contributed by atoms with Crippen LogP contribution < -0.4 is 20.5 Å². The van der Waals surface area contributed by atoms with Gasteiger partial charge in [-0.3, -0.25) is 9.78 Å². The SMILES string of the molecule is O=C1NCCCOc2cccc(c2)C2c3ccc(cc3CCN2S(=O)(=O)c2ccc3[nH]c(=O)[nH]c3c2)Oc2cncc1c2. The van der Waals surface area contributed by atoms with E-state index in [0.29, 0.717) is 59.8 Å². The molecule has 3 aromatic carbocycles. The van der Waals surface area contributed by atoms with Crippen molar-refractivity contribution in [2.75, 3.05) is 19.7 Å². The molecule has 3 N–H and O–H groups in total. The number of aromatic amines is 2. The molecule has 8 rings (SSSR count). The molecule has 0 fully saturated rings. The van der Waals surface area contributed by atoms with Crippen molar-refractivity contribution in [1.29, 1.82) is 0 Å². The summed E-state index contributed by atoms with van der Waals surface area (Å²) in [5, 5.41) is 2.87. The lowest BCUT2D eigenvalue weighted by molar-refractivity contribution is 0.0951. The molecule has 3 aliphatic rings. The number of hydrogen-bond acceptors (Lipinski definition) is 7. The van der Waals surface area contributed by atoms with Crippen LogP contribution >= 0.6 is 0 Å². The number of hydrogen-bond donors (Lipinski definition) is 3. The average Bonchev–Trinajstić information content (AvgIpc) is 3.39. The Hall–Kier alpha value is -4.94. The van der Waals surface area contributed by atoms with Crippen LogP contribution in [0.1, 0.15) is 39.5 Å². The van der Waals surface area contributed by atoms with Crippen LogP contribution in [0, 0.1) is 0 Å². The number of carbonyl (C=O) groups is 1. The second-order valence-electron chi connectivity index (χ2n) is 10.5. The lowest BCUT2D eigenvalue weighted by atomic mass is 9.89. The van der Waals surface area contributed by atoms with Gasteiger partial charge in [0.05, 0.1) is 40.3 Å². The molecule has 8 bridgehead atoms. The Morgan fingerprint density at radius 2 is 1.77 bits per heavy atom. The van der Waals surface area contributed by atoms with Gasteiger partial charge in [0, 0.05) is 19.3 Å². The molecule has 1 unspecified atom stereocenters. The number of benzene rings is 3. The molecule has 0 spiro atoms. The molecule has 1 atom stereocenters. The molecule has 2 aromatic heterocycles. The number of sulfonamides is 1. The number of ether oxygens (including phenoxy) is 2. The van der Waals surface area contributed by atoms with Gasteiger partial charge in [0.25, 0.3) is 5.91 Å². The largest absolute Gasteiger partial charge is 0.494 e. The van der Waals surface area contributed by atoms with E-state index in [2.05, 4.69) is 20.3 Å². The van der Waals surface area contributed by atoms with Crippen molar-refractivity contribution in [3.63, 3.8) is 0 Å². The fourth-order valence-corrected chi connectivity index (χ4v) is 7.25. The Bertz CT molecular complexity index is 2040. The van der Waals surface area contributed by atoms with Crippen molar-refractivity contribution in [3.05, 3.63) is 112 Å². The van der Waals surface area contributed by atoms with Crippen LogP contribution in [-0.4, -0.2) is 53.3 Å². The summed E-state index contributed by atoms with van der Waals surface area (Å²) in [5.41, 5.74) is 3.43. The number of carbonyl (C=O) groups excluding carboxylic acids is 1. The first kappa shape index (κ1) is 26.9. The molecule has 5 heterocycles. The number of imidazole rings is 1. The van der Waals surface area contributed by atoms with Gasteiger partial charge >= 0.3 is 5.69 Å². The minimum absolute atomic E-state index is 0.0833. The summed E-state index contributed by atoms with van der Waals surface area (Å²) in [4.78, 5) is 34.0. The van der Waals surface area contributed by atoms with E-state index in [1.807, 2.05) is 36.4 Å². The molecule has 3 aliphatic heterocycles. The number of fused-ring (bicyclic) bond motifs is 7. The summed E-state index contributed by atoms with van der Waals surface area (Å²) < 4.78 is 42.1. The van der Waals surface area contributed by atoms with Crippen molar-refractivity contribution >= 4 is 27.0 Å². The highest BCUT2D eigenvalue weighted by Crippen LogP contribution is 2.41. The van der Waals surface area contributed by atoms with E-state index in [-0.39, 0.29) is 17.3 Å². The Labute approximate surface area is 246 Å².